The van der Waals surface area contributed by atoms with Crippen molar-refractivity contribution < 1.29 is 14.3 Å². The van der Waals surface area contributed by atoms with Crippen molar-refractivity contribution in [1.82, 2.24) is 15.5 Å². The van der Waals surface area contributed by atoms with Crippen LogP contribution in [-0.4, -0.2) is 42.1 Å². The molecule has 1 aromatic carbocycles. The van der Waals surface area contributed by atoms with Crippen LogP contribution in [0, 0.1) is 0 Å². The normalized spacial score (nSPS) is 18.4. The minimum atomic E-state index is -0.601. The summed E-state index contributed by atoms with van der Waals surface area (Å²) in [5, 5.41) is 6.27. The van der Waals surface area contributed by atoms with Gasteiger partial charge in [-0.2, -0.15) is 0 Å². The van der Waals surface area contributed by atoms with Gasteiger partial charge >= 0.3 is 6.03 Å². The van der Waals surface area contributed by atoms with Gasteiger partial charge in [0.15, 0.2) is 0 Å². The summed E-state index contributed by atoms with van der Waals surface area (Å²) in [5.74, 6) is 0.789. The molecule has 0 bridgehead atoms. The molecule has 140 valence electrons. The first-order chi connectivity index (χ1) is 12.6. The highest BCUT2D eigenvalue weighted by Gasteiger charge is 2.51. The molecular formula is C20H27N3O3. The Morgan fingerprint density at radius 1 is 1.31 bits per heavy atom. The Morgan fingerprint density at radius 3 is 2.88 bits per heavy atom. The predicted molar refractivity (Wildman–Crippen MR) is 99.9 cm³/mol. The molecule has 1 heterocycles. The van der Waals surface area contributed by atoms with Crippen LogP contribution in [0.4, 0.5) is 4.79 Å². The van der Waals surface area contributed by atoms with E-state index in [9.17, 15) is 9.59 Å². The molecular weight excluding hydrogens is 330 g/mol. The molecule has 0 aromatic heterocycles. The van der Waals surface area contributed by atoms with Crippen LogP contribution >= 0.6 is 0 Å². The summed E-state index contributed by atoms with van der Waals surface area (Å²) in [6.45, 7) is 6.05. The summed E-state index contributed by atoms with van der Waals surface area (Å²) < 4.78 is 5.53. The zero-order valence-electron chi connectivity index (χ0n) is 15.1. The minimum absolute atomic E-state index is 0.0351. The number of hydrogen-bond acceptors (Lipinski definition) is 4. The van der Waals surface area contributed by atoms with Crippen LogP contribution < -0.4 is 15.4 Å². The second kappa shape index (κ2) is 8.36. The molecule has 2 aliphatic rings. The topological polar surface area (TPSA) is 70.7 Å². The van der Waals surface area contributed by atoms with Gasteiger partial charge in [-0.15, -0.1) is 0 Å². The summed E-state index contributed by atoms with van der Waals surface area (Å²) in [7, 11) is 0. The lowest BCUT2D eigenvalue weighted by Crippen LogP contribution is -2.44. The van der Waals surface area contributed by atoms with Crippen molar-refractivity contribution in [3.05, 3.63) is 42.5 Å². The van der Waals surface area contributed by atoms with Gasteiger partial charge in [0.2, 0.25) is 0 Å². The Balaban J connectivity index is 1.40. The molecule has 2 N–H and O–H groups in total. The molecule has 1 aromatic rings. The molecule has 1 aliphatic carbocycles. The van der Waals surface area contributed by atoms with Gasteiger partial charge in [-0.3, -0.25) is 9.69 Å². The number of rotatable bonds is 9. The Bertz CT molecular complexity index is 668. The van der Waals surface area contributed by atoms with Crippen molar-refractivity contribution >= 4 is 11.9 Å². The molecule has 1 aliphatic heterocycles. The maximum atomic E-state index is 12.6. The van der Waals surface area contributed by atoms with E-state index in [0.717, 1.165) is 56.5 Å². The first kappa shape index (κ1) is 18.5. The first-order valence-corrected chi connectivity index (χ1v) is 9.32. The molecule has 2 fully saturated rings. The number of benzene rings is 1. The number of imide groups is 1. The van der Waals surface area contributed by atoms with Crippen LogP contribution in [0.25, 0.3) is 0 Å². The fourth-order valence-electron chi connectivity index (χ4n) is 3.69. The van der Waals surface area contributed by atoms with Gasteiger partial charge in [-0.1, -0.05) is 37.6 Å². The highest BCUT2D eigenvalue weighted by Crippen LogP contribution is 2.34. The van der Waals surface area contributed by atoms with Crippen molar-refractivity contribution in [3.63, 3.8) is 0 Å². The van der Waals surface area contributed by atoms with E-state index in [2.05, 4.69) is 17.2 Å². The lowest BCUT2D eigenvalue weighted by Gasteiger charge is -2.20. The largest absolute Gasteiger partial charge is 0.490 e. The third-order valence-electron chi connectivity index (χ3n) is 5.03. The molecule has 1 spiro atoms. The lowest BCUT2D eigenvalue weighted by atomic mass is 9.98. The average molecular weight is 357 g/mol. The number of nitrogens with zero attached hydrogens (tertiary/aromatic N) is 1. The van der Waals surface area contributed by atoms with Crippen molar-refractivity contribution in [2.24, 2.45) is 0 Å². The summed E-state index contributed by atoms with van der Waals surface area (Å²) in [5.41, 5.74) is 0.530. The molecule has 1 saturated heterocycles. The van der Waals surface area contributed by atoms with Crippen LogP contribution in [0.1, 0.15) is 37.7 Å². The van der Waals surface area contributed by atoms with Crippen molar-refractivity contribution in [1.29, 1.82) is 0 Å². The van der Waals surface area contributed by atoms with Crippen molar-refractivity contribution in [2.75, 3.05) is 19.7 Å². The number of carbonyl (C=O) groups excluding carboxylic acids is 2. The van der Waals surface area contributed by atoms with E-state index in [1.807, 2.05) is 24.3 Å². The Labute approximate surface area is 154 Å². The van der Waals surface area contributed by atoms with Crippen LogP contribution in [-0.2, 0) is 11.3 Å². The van der Waals surface area contributed by atoms with Gasteiger partial charge in [-0.05, 0) is 43.5 Å². The van der Waals surface area contributed by atoms with E-state index >= 15 is 0 Å². The first-order valence-electron chi connectivity index (χ1n) is 9.32. The Hall–Kier alpha value is -2.34. The molecule has 1 saturated carbocycles. The molecule has 3 amide bonds. The summed E-state index contributed by atoms with van der Waals surface area (Å²) >= 11 is 0. The molecule has 0 unspecified atom stereocenters. The average Bonchev–Trinajstić information content (AvgIpc) is 3.20. The third-order valence-corrected chi connectivity index (χ3v) is 5.03. The fourth-order valence-corrected chi connectivity index (χ4v) is 3.69. The Kier molecular flexibility index (Phi) is 5.93. The van der Waals surface area contributed by atoms with E-state index in [0.29, 0.717) is 13.2 Å². The van der Waals surface area contributed by atoms with Gasteiger partial charge in [0.25, 0.3) is 5.91 Å². The van der Waals surface area contributed by atoms with E-state index < -0.39 is 5.54 Å². The second-order valence-corrected chi connectivity index (χ2v) is 6.95. The van der Waals surface area contributed by atoms with Gasteiger partial charge in [-0.25, -0.2) is 4.79 Å². The van der Waals surface area contributed by atoms with Crippen LogP contribution in [0.15, 0.2) is 36.9 Å². The smallest absolute Gasteiger partial charge is 0.325 e. The zero-order chi connectivity index (χ0) is 18.4. The molecule has 6 nitrogen and oxygen atoms in total. The van der Waals surface area contributed by atoms with E-state index in [4.69, 9.17) is 4.74 Å². The standard InChI is InChI=1S/C20H27N3O3/c1-2-13-26-17-8-5-7-16(14-17)15-21-11-6-12-23-18(24)20(22-19(23)25)9-3-4-10-20/h2,5,7-8,14,21H,1,3-4,6,9-13,15H2,(H,22,25). The fraction of sp³-hybridized carbons (Fsp3) is 0.500. The second-order valence-electron chi connectivity index (χ2n) is 6.95. The maximum absolute atomic E-state index is 12.6. The molecule has 26 heavy (non-hydrogen) atoms. The SMILES string of the molecule is C=CCOc1cccc(CNCCCN2C(=O)NC3(CCCC3)C2=O)c1. The summed E-state index contributed by atoms with van der Waals surface area (Å²) in [6.07, 6.45) is 6.03. The van der Waals surface area contributed by atoms with Gasteiger partial charge in [0.1, 0.15) is 17.9 Å². The predicted octanol–water partition coefficient (Wildman–Crippen LogP) is 2.60. The maximum Gasteiger partial charge on any atom is 0.325 e. The van der Waals surface area contributed by atoms with Gasteiger partial charge in [0, 0.05) is 13.1 Å². The Morgan fingerprint density at radius 2 is 2.12 bits per heavy atom. The van der Waals surface area contributed by atoms with E-state index in [-0.39, 0.29) is 11.9 Å². The molecule has 0 radical (unpaired) electrons. The summed E-state index contributed by atoms with van der Waals surface area (Å²) in [6, 6.07) is 7.68. The monoisotopic (exact) mass is 357 g/mol. The van der Waals surface area contributed by atoms with Crippen molar-refractivity contribution in [3.8, 4) is 5.75 Å². The number of urea groups is 1. The highest BCUT2D eigenvalue weighted by molar-refractivity contribution is 6.07. The van der Waals surface area contributed by atoms with Gasteiger partial charge in [0.05, 0.1) is 0 Å². The van der Waals surface area contributed by atoms with Gasteiger partial charge < -0.3 is 15.4 Å². The van der Waals surface area contributed by atoms with Crippen molar-refractivity contribution in [2.45, 2.75) is 44.2 Å². The van der Waals surface area contributed by atoms with E-state index in [1.54, 1.807) is 6.08 Å². The van der Waals surface area contributed by atoms with E-state index in [1.165, 1.54) is 4.90 Å². The number of nitrogens with one attached hydrogen (secondary N) is 2. The summed E-state index contributed by atoms with van der Waals surface area (Å²) in [4.78, 5) is 26.0. The quantitative estimate of drug-likeness (QED) is 0.405. The number of hydrogen-bond donors (Lipinski definition) is 2. The molecule has 6 heteroatoms. The number of carbonyl (C=O) groups is 2. The van der Waals surface area contributed by atoms with Crippen LogP contribution in [0.2, 0.25) is 0 Å². The molecule has 0 atom stereocenters. The molecule has 3 rings (SSSR count). The van der Waals surface area contributed by atoms with Crippen LogP contribution in [0.3, 0.4) is 0 Å². The zero-order valence-corrected chi connectivity index (χ0v) is 15.1. The minimum Gasteiger partial charge on any atom is -0.490 e. The van der Waals surface area contributed by atoms with Crippen LogP contribution in [0.5, 0.6) is 5.75 Å². The number of ether oxygens (including phenoxy) is 1. The number of amides is 3. The highest BCUT2D eigenvalue weighted by atomic mass is 16.5. The third kappa shape index (κ3) is 4.07. The lowest BCUT2D eigenvalue weighted by molar-refractivity contribution is -0.131.